The average Bonchev–Trinajstić information content (AvgIpc) is 3.09. The quantitative estimate of drug-likeness (QED) is 0.879. The van der Waals surface area contributed by atoms with Crippen molar-refractivity contribution in [1.29, 1.82) is 0 Å². The Hall–Kier alpha value is -0.990. The van der Waals surface area contributed by atoms with E-state index < -0.39 is 5.97 Å². The Morgan fingerprint density at radius 2 is 2.16 bits per heavy atom. The second kappa shape index (κ2) is 7.32. The number of aromatic carboxylic acids is 1. The number of thiophene rings is 1. The molecule has 7 heteroatoms. The van der Waals surface area contributed by atoms with Crippen LogP contribution in [0.1, 0.15) is 39.4 Å². The molecule has 3 aliphatic heterocycles. The molecule has 2 fully saturated rings. The van der Waals surface area contributed by atoms with Crippen LogP contribution in [0.2, 0.25) is 0 Å². The van der Waals surface area contributed by atoms with Gasteiger partial charge < -0.3 is 24.2 Å². The fraction of sp³-hybridized carbons (Fsp3) is 0.722. The standard InChI is InChI=1S/C18H25NO5S/c20-17(21)16-11-14-15(25-16)2-8-24-18(14)3-6-19(7-4-18)5-1-13-12-22-9-10-23-13/h11,13H,1-10,12H2,(H,20,21). The second-order valence-electron chi connectivity index (χ2n) is 7.04. The van der Waals surface area contributed by atoms with Crippen LogP contribution in [0.15, 0.2) is 6.07 Å². The van der Waals surface area contributed by atoms with E-state index >= 15 is 0 Å². The molecule has 1 atom stereocenters. The van der Waals surface area contributed by atoms with E-state index in [0.29, 0.717) is 31.3 Å². The summed E-state index contributed by atoms with van der Waals surface area (Å²) in [6, 6.07) is 1.85. The molecule has 1 aromatic rings. The number of carbonyl (C=O) groups is 1. The summed E-state index contributed by atoms with van der Waals surface area (Å²) < 4.78 is 17.4. The van der Waals surface area contributed by atoms with Gasteiger partial charge in [-0.05, 0) is 30.9 Å². The number of rotatable bonds is 4. The van der Waals surface area contributed by atoms with Gasteiger partial charge in [0, 0.05) is 30.9 Å². The van der Waals surface area contributed by atoms with Gasteiger partial charge in [-0.15, -0.1) is 11.3 Å². The first kappa shape index (κ1) is 17.4. The Labute approximate surface area is 151 Å². The zero-order chi connectivity index (χ0) is 17.3. The lowest BCUT2D eigenvalue weighted by molar-refractivity contribution is -0.107. The molecular formula is C18H25NO5S. The molecular weight excluding hydrogens is 342 g/mol. The third-order valence-electron chi connectivity index (χ3n) is 5.53. The first-order chi connectivity index (χ1) is 12.2. The zero-order valence-electron chi connectivity index (χ0n) is 14.4. The number of likely N-dealkylation sites (tertiary alicyclic amines) is 1. The summed E-state index contributed by atoms with van der Waals surface area (Å²) in [5.41, 5.74) is 0.850. The maximum Gasteiger partial charge on any atom is 0.345 e. The maximum atomic E-state index is 11.3. The summed E-state index contributed by atoms with van der Waals surface area (Å²) in [6.45, 7) is 5.78. The average molecular weight is 367 g/mol. The van der Waals surface area contributed by atoms with E-state index in [1.54, 1.807) is 0 Å². The van der Waals surface area contributed by atoms with Gasteiger partial charge in [0.1, 0.15) is 4.88 Å². The van der Waals surface area contributed by atoms with Gasteiger partial charge in [-0.3, -0.25) is 0 Å². The summed E-state index contributed by atoms with van der Waals surface area (Å²) >= 11 is 1.42. The molecule has 1 spiro atoms. The lowest BCUT2D eigenvalue weighted by atomic mass is 9.82. The number of carboxylic acid groups (broad SMARTS) is 1. The third-order valence-corrected chi connectivity index (χ3v) is 6.72. The molecule has 0 amide bonds. The first-order valence-corrected chi connectivity index (χ1v) is 9.90. The number of piperidine rings is 1. The fourth-order valence-electron chi connectivity index (χ4n) is 4.10. The molecule has 4 rings (SSSR count). The number of nitrogens with zero attached hydrogens (tertiary/aromatic N) is 1. The summed E-state index contributed by atoms with van der Waals surface area (Å²) in [5, 5.41) is 9.30. The van der Waals surface area contributed by atoms with Gasteiger partial charge in [-0.1, -0.05) is 0 Å². The maximum absolute atomic E-state index is 11.3. The van der Waals surface area contributed by atoms with Crippen LogP contribution < -0.4 is 0 Å². The van der Waals surface area contributed by atoms with Crippen LogP contribution in [0, 0.1) is 0 Å². The highest BCUT2D eigenvalue weighted by atomic mass is 32.1. The minimum Gasteiger partial charge on any atom is -0.477 e. The van der Waals surface area contributed by atoms with Crippen LogP contribution in [-0.2, 0) is 26.2 Å². The third kappa shape index (κ3) is 3.61. The molecule has 1 aromatic heterocycles. The number of hydrogen-bond acceptors (Lipinski definition) is 6. The smallest absolute Gasteiger partial charge is 0.345 e. The molecule has 3 aliphatic rings. The molecule has 0 bridgehead atoms. The molecule has 138 valence electrons. The van der Waals surface area contributed by atoms with Gasteiger partial charge in [0.25, 0.3) is 0 Å². The van der Waals surface area contributed by atoms with Gasteiger partial charge in [0.15, 0.2) is 0 Å². The molecule has 4 heterocycles. The lowest BCUT2D eigenvalue weighted by Gasteiger charge is -2.44. The number of carboxylic acids is 1. The molecule has 0 aromatic carbocycles. The van der Waals surface area contributed by atoms with Gasteiger partial charge in [-0.2, -0.15) is 0 Å². The van der Waals surface area contributed by atoms with Crippen LogP contribution in [0.3, 0.4) is 0 Å². The molecule has 0 saturated carbocycles. The monoisotopic (exact) mass is 367 g/mol. The highest BCUT2D eigenvalue weighted by Crippen LogP contribution is 2.44. The molecule has 0 radical (unpaired) electrons. The Morgan fingerprint density at radius 1 is 1.32 bits per heavy atom. The van der Waals surface area contributed by atoms with Crippen molar-refractivity contribution in [2.24, 2.45) is 0 Å². The van der Waals surface area contributed by atoms with Crippen LogP contribution in [-0.4, -0.2) is 68.1 Å². The van der Waals surface area contributed by atoms with Crippen molar-refractivity contribution in [3.8, 4) is 0 Å². The normalized spacial score (nSPS) is 26.5. The predicted molar refractivity (Wildman–Crippen MR) is 93.5 cm³/mol. The summed E-state index contributed by atoms with van der Waals surface area (Å²) in [6.07, 6.45) is 3.91. The first-order valence-electron chi connectivity index (χ1n) is 9.08. The number of fused-ring (bicyclic) bond motifs is 2. The predicted octanol–water partition coefficient (Wildman–Crippen LogP) is 2.12. The van der Waals surface area contributed by atoms with Crippen LogP contribution in [0.5, 0.6) is 0 Å². The van der Waals surface area contributed by atoms with E-state index in [9.17, 15) is 9.90 Å². The van der Waals surface area contributed by atoms with Crippen LogP contribution in [0.4, 0.5) is 0 Å². The van der Waals surface area contributed by atoms with Crippen molar-refractivity contribution in [2.75, 3.05) is 46.1 Å². The molecule has 0 aliphatic carbocycles. The Bertz CT molecular complexity index is 617. The molecule has 6 nitrogen and oxygen atoms in total. The van der Waals surface area contributed by atoms with Gasteiger partial charge in [0.05, 0.1) is 38.1 Å². The SMILES string of the molecule is O=C(O)c1cc2c(s1)CCOC21CCN(CCC2COCCO2)CC1. The minimum absolute atomic E-state index is 0.220. The summed E-state index contributed by atoms with van der Waals surface area (Å²) in [5.74, 6) is -0.832. The van der Waals surface area contributed by atoms with E-state index in [4.69, 9.17) is 14.2 Å². The lowest BCUT2D eigenvalue weighted by Crippen LogP contribution is -2.47. The van der Waals surface area contributed by atoms with Crippen molar-refractivity contribution in [1.82, 2.24) is 4.90 Å². The van der Waals surface area contributed by atoms with Crippen molar-refractivity contribution >= 4 is 17.3 Å². The highest BCUT2D eigenvalue weighted by molar-refractivity contribution is 7.14. The largest absolute Gasteiger partial charge is 0.477 e. The minimum atomic E-state index is -0.832. The van der Waals surface area contributed by atoms with Crippen LogP contribution >= 0.6 is 11.3 Å². The molecule has 25 heavy (non-hydrogen) atoms. The van der Waals surface area contributed by atoms with Gasteiger partial charge in [-0.25, -0.2) is 4.79 Å². The van der Waals surface area contributed by atoms with E-state index in [-0.39, 0.29) is 11.7 Å². The molecule has 2 saturated heterocycles. The zero-order valence-corrected chi connectivity index (χ0v) is 15.2. The summed E-state index contributed by atoms with van der Waals surface area (Å²) in [7, 11) is 0. The second-order valence-corrected chi connectivity index (χ2v) is 8.18. The van der Waals surface area contributed by atoms with E-state index in [1.807, 2.05) is 6.07 Å². The van der Waals surface area contributed by atoms with Gasteiger partial charge in [0.2, 0.25) is 0 Å². The van der Waals surface area contributed by atoms with Crippen molar-refractivity contribution in [3.63, 3.8) is 0 Å². The van der Waals surface area contributed by atoms with Crippen LogP contribution in [0.25, 0.3) is 0 Å². The van der Waals surface area contributed by atoms with E-state index in [2.05, 4.69) is 4.90 Å². The Balaban J connectivity index is 1.37. The van der Waals surface area contributed by atoms with Crippen molar-refractivity contribution < 1.29 is 24.1 Å². The van der Waals surface area contributed by atoms with Gasteiger partial charge >= 0.3 is 5.97 Å². The highest BCUT2D eigenvalue weighted by Gasteiger charge is 2.42. The molecule has 1 N–H and O–H groups in total. The topological polar surface area (TPSA) is 68.2 Å². The van der Waals surface area contributed by atoms with Crippen molar-refractivity contribution in [2.45, 2.75) is 37.4 Å². The van der Waals surface area contributed by atoms with E-state index in [1.165, 1.54) is 16.2 Å². The van der Waals surface area contributed by atoms with E-state index in [0.717, 1.165) is 50.9 Å². The molecule has 1 unspecified atom stereocenters. The number of ether oxygens (including phenoxy) is 3. The summed E-state index contributed by atoms with van der Waals surface area (Å²) in [4.78, 5) is 15.4. The Morgan fingerprint density at radius 3 is 2.88 bits per heavy atom. The Kier molecular flexibility index (Phi) is 5.11. The fourth-order valence-corrected chi connectivity index (χ4v) is 5.17. The number of hydrogen-bond donors (Lipinski definition) is 1. The van der Waals surface area contributed by atoms with Crippen molar-refractivity contribution in [3.05, 3.63) is 21.4 Å².